The molecule has 0 bridgehead atoms. The normalized spacial score (nSPS) is 19.0. The van der Waals surface area contributed by atoms with Gasteiger partial charge in [-0.05, 0) is 51.3 Å². The Morgan fingerprint density at radius 3 is 2.60 bits per heavy atom. The lowest BCUT2D eigenvalue weighted by Gasteiger charge is -2.30. The van der Waals surface area contributed by atoms with Gasteiger partial charge in [-0.1, -0.05) is 12.1 Å². The number of benzene rings is 1. The number of hydrogen-bond donors (Lipinski definition) is 1. The Morgan fingerprint density at radius 2 is 2.00 bits per heavy atom. The van der Waals surface area contributed by atoms with Crippen molar-refractivity contribution in [3.63, 3.8) is 0 Å². The Balaban J connectivity index is 1.87. The minimum absolute atomic E-state index is 0.0755. The number of rotatable bonds is 7. The van der Waals surface area contributed by atoms with E-state index in [2.05, 4.69) is 5.32 Å². The number of nitrogens with one attached hydrogen (secondary N) is 1. The zero-order valence-electron chi connectivity index (χ0n) is 15.2. The fraction of sp³-hybridized carbons (Fsp3) is 0.611. The Bertz CT molecular complexity index is 671. The quantitative estimate of drug-likeness (QED) is 0.800. The summed E-state index contributed by atoms with van der Waals surface area (Å²) in [5, 5.41) is 2.92. The molecule has 0 aliphatic carbocycles. The molecule has 0 unspecified atom stereocenters. The van der Waals surface area contributed by atoms with Crippen LogP contribution in [0.1, 0.15) is 39.2 Å². The zero-order chi connectivity index (χ0) is 18.4. The first-order chi connectivity index (χ1) is 11.8. The molecule has 1 saturated heterocycles. The van der Waals surface area contributed by atoms with Crippen molar-refractivity contribution in [3.8, 4) is 5.75 Å². The minimum Gasteiger partial charge on any atom is -0.491 e. The second-order valence-electron chi connectivity index (χ2n) is 6.63. The number of hydrogen-bond acceptors (Lipinski definition) is 4. The molecule has 7 heteroatoms. The van der Waals surface area contributed by atoms with E-state index in [0.717, 1.165) is 24.2 Å². The molecular formula is C18H28N2O4S. The third-order valence-electron chi connectivity index (χ3n) is 4.27. The predicted octanol–water partition coefficient (Wildman–Crippen LogP) is 2.15. The third-order valence-corrected chi connectivity index (χ3v) is 6.12. The van der Waals surface area contributed by atoms with Gasteiger partial charge in [-0.2, -0.15) is 0 Å². The molecule has 1 aromatic carbocycles. The SMILES string of the molecule is CCS(=O)(=O)N1CCC[C@H](C(=O)NCc2ccc(OC(C)C)cc2)C1. The van der Waals surface area contributed by atoms with Gasteiger partial charge in [-0.3, -0.25) is 4.79 Å². The van der Waals surface area contributed by atoms with E-state index < -0.39 is 10.0 Å². The molecule has 0 aromatic heterocycles. The fourth-order valence-electron chi connectivity index (χ4n) is 2.88. The van der Waals surface area contributed by atoms with Crippen LogP contribution in [0.15, 0.2) is 24.3 Å². The van der Waals surface area contributed by atoms with Crippen molar-refractivity contribution in [3.05, 3.63) is 29.8 Å². The predicted molar refractivity (Wildman–Crippen MR) is 97.8 cm³/mol. The number of sulfonamides is 1. The maximum atomic E-state index is 12.4. The molecule has 1 N–H and O–H groups in total. The van der Waals surface area contributed by atoms with Crippen LogP contribution in [-0.2, 0) is 21.4 Å². The van der Waals surface area contributed by atoms with Crippen molar-refractivity contribution >= 4 is 15.9 Å². The van der Waals surface area contributed by atoms with Gasteiger partial charge in [0.15, 0.2) is 0 Å². The van der Waals surface area contributed by atoms with Gasteiger partial charge in [-0.15, -0.1) is 0 Å². The van der Waals surface area contributed by atoms with Crippen molar-refractivity contribution in [2.24, 2.45) is 5.92 Å². The maximum absolute atomic E-state index is 12.4. The van der Waals surface area contributed by atoms with Crippen molar-refractivity contribution in [1.82, 2.24) is 9.62 Å². The van der Waals surface area contributed by atoms with Crippen LogP contribution in [0.4, 0.5) is 0 Å². The smallest absolute Gasteiger partial charge is 0.224 e. The Kier molecular flexibility index (Phi) is 6.84. The maximum Gasteiger partial charge on any atom is 0.224 e. The lowest BCUT2D eigenvalue weighted by atomic mass is 9.99. The highest BCUT2D eigenvalue weighted by Crippen LogP contribution is 2.20. The molecule has 0 saturated carbocycles. The molecule has 6 nitrogen and oxygen atoms in total. The molecule has 1 fully saturated rings. The summed E-state index contributed by atoms with van der Waals surface area (Å²) in [4.78, 5) is 12.4. The topological polar surface area (TPSA) is 75.7 Å². The van der Waals surface area contributed by atoms with Crippen LogP contribution < -0.4 is 10.1 Å². The van der Waals surface area contributed by atoms with Crippen LogP contribution in [0.2, 0.25) is 0 Å². The van der Waals surface area contributed by atoms with E-state index in [9.17, 15) is 13.2 Å². The van der Waals surface area contributed by atoms with E-state index >= 15 is 0 Å². The molecule has 140 valence electrons. The van der Waals surface area contributed by atoms with E-state index in [1.807, 2.05) is 38.1 Å². The average Bonchev–Trinajstić information content (AvgIpc) is 2.60. The third kappa shape index (κ3) is 5.71. The fourth-order valence-corrected chi connectivity index (χ4v) is 4.06. The van der Waals surface area contributed by atoms with Crippen LogP contribution in [-0.4, -0.2) is 43.6 Å². The van der Waals surface area contributed by atoms with Crippen LogP contribution in [0.3, 0.4) is 0 Å². The lowest BCUT2D eigenvalue weighted by Crippen LogP contribution is -2.45. The molecule has 0 radical (unpaired) electrons. The monoisotopic (exact) mass is 368 g/mol. The van der Waals surface area contributed by atoms with E-state index in [1.165, 1.54) is 4.31 Å². The van der Waals surface area contributed by atoms with Crippen LogP contribution in [0.5, 0.6) is 5.75 Å². The number of nitrogens with zero attached hydrogens (tertiary/aromatic N) is 1. The van der Waals surface area contributed by atoms with Gasteiger partial charge in [0, 0.05) is 19.6 Å². The molecule has 2 rings (SSSR count). The number of amides is 1. The summed E-state index contributed by atoms with van der Waals surface area (Å²) in [5.74, 6) is 0.515. The Morgan fingerprint density at radius 1 is 1.32 bits per heavy atom. The van der Waals surface area contributed by atoms with Crippen LogP contribution >= 0.6 is 0 Å². The molecule has 1 amide bonds. The summed E-state index contributed by atoms with van der Waals surface area (Å²) in [6, 6.07) is 7.62. The first kappa shape index (κ1) is 19.7. The highest BCUT2D eigenvalue weighted by Gasteiger charge is 2.31. The van der Waals surface area contributed by atoms with Gasteiger partial charge in [0.1, 0.15) is 5.75 Å². The van der Waals surface area contributed by atoms with Gasteiger partial charge < -0.3 is 10.1 Å². The van der Waals surface area contributed by atoms with E-state index in [-0.39, 0.29) is 30.2 Å². The number of carbonyl (C=O) groups is 1. The summed E-state index contributed by atoms with van der Waals surface area (Å²) in [5.41, 5.74) is 0.985. The first-order valence-corrected chi connectivity index (χ1v) is 10.4. The summed E-state index contributed by atoms with van der Waals surface area (Å²) in [6.07, 6.45) is 1.57. The van der Waals surface area contributed by atoms with Gasteiger partial charge in [0.05, 0.1) is 17.8 Å². The van der Waals surface area contributed by atoms with E-state index in [0.29, 0.717) is 13.1 Å². The number of piperidine rings is 1. The molecule has 1 aliphatic rings. The van der Waals surface area contributed by atoms with Crippen molar-refractivity contribution in [2.45, 2.75) is 46.3 Å². The summed E-state index contributed by atoms with van der Waals surface area (Å²) in [7, 11) is -3.23. The molecule has 1 aliphatic heterocycles. The molecule has 25 heavy (non-hydrogen) atoms. The van der Waals surface area contributed by atoms with E-state index in [4.69, 9.17) is 4.74 Å². The highest BCUT2D eigenvalue weighted by molar-refractivity contribution is 7.89. The minimum atomic E-state index is -3.23. The Labute approximate surface area is 150 Å². The van der Waals surface area contributed by atoms with Crippen molar-refractivity contribution < 1.29 is 17.9 Å². The zero-order valence-corrected chi connectivity index (χ0v) is 16.0. The first-order valence-electron chi connectivity index (χ1n) is 8.83. The van der Waals surface area contributed by atoms with Crippen molar-refractivity contribution in [1.29, 1.82) is 0 Å². The molecule has 0 spiro atoms. The second-order valence-corrected chi connectivity index (χ2v) is 8.88. The van der Waals surface area contributed by atoms with E-state index in [1.54, 1.807) is 6.92 Å². The molecule has 1 aromatic rings. The van der Waals surface area contributed by atoms with Gasteiger partial charge in [0.25, 0.3) is 0 Å². The Hall–Kier alpha value is -1.60. The van der Waals surface area contributed by atoms with Gasteiger partial charge >= 0.3 is 0 Å². The standard InChI is InChI=1S/C18H28N2O4S/c1-4-25(22,23)20-11-5-6-16(13-20)18(21)19-12-15-7-9-17(10-8-15)24-14(2)3/h7-10,14,16H,4-6,11-13H2,1-3H3,(H,19,21)/t16-/m0/s1. The van der Waals surface area contributed by atoms with Crippen LogP contribution in [0.25, 0.3) is 0 Å². The van der Waals surface area contributed by atoms with Crippen LogP contribution in [0, 0.1) is 5.92 Å². The van der Waals surface area contributed by atoms with Gasteiger partial charge in [0.2, 0.25) is 15.9 Å². The van der Waals surface area contributed by atoms with Gasteiger partial charge in [-0.25, -0.2) is 12.7 Å². The molecular weight excluding hydrogens is 340 g/mol. The van der Waals surface area contributed by atoms with Crippen molar-refractivity contribution in [2.75, 3.05) is 18.8 Å². The second kappa shape index (κ2) is 8.67. The molecule has 1 heterocycles. The average molecular weight is 368 g/mol. The highest BCUT2D eigenvalue weighted by atomic mass is 32.2. The summed E-state index contributed by atoms with van der Waals surface area (Å²) in [6.45, 7) is 6.80. The lowest BCUT2D eigenvalue weighted by molar-refractivity contribution is -0.126. The number of ether oxygens (including phenoxy) is 1. The number of carbonyl (C=O) groups excluding carboxylic acids is 1. The largest absolute Gasteiger partial charge is 0.491 e. The summed E-state index contributed by atoms with van der Waals surface area (Å²) < 4.78 is 31.0. The summed E-state index contributed by atoms with van der Waals surface area (Å²) >= 11 is 0. The molecule has 1 atom stereocenters.